The fourth-order valence-electron chi connectivity index (χ4n) is 2.56. The van der Waals surface area contributed by atoms with Gasteiger partial charge in [-0.2, -0.15) is 0 Å². The van der Waals surface area contributed by atoms with Crippen LogP contribution in [-0.4, -0.2) is 52.4 Å². The van der Waals surface area contributed by atoms with Gasteiger partial charge in [0.1, 0.15) is 5.82 Å². The predicted molar refractivity (Wildman–Crippen MR) is 121 cm³/mol. The van der Waals surface area contributed by atoms with Crippen LogP contribution >= 0.6 is 24.0 Å². The Hall–Kier alpha value is -1.72. The van der Waals surface area contributed by atoms with Gasteiger partial charge in [-0.3, -0.25) is 0 Å². The summed E-state index contributed by atoms with van der Waals surface area (Å²) in [5.74, 6) is 0.386. The van der Waals surface area contributed by atoms with Gasteiger partial charge in [-0.15, -0.1) is 24.0 Å². The number of nitrogens with one attached hydrogen (secondary N) is 1. The van der Waals surface area contributed by atoms with E-state index in [9.17, 15) is 12.8 Å². The lowest BCUT2D eigenvalue weighted by molar-refractivity contribution is 0.479. The van der Waals surface area contributed by atoms with Gasteiger partial charge in [0, 0.05) is 34.7 Å². The largest absolute Gasteiger partial charge is 0.349 e. The topological polar surface area (TPSA) is 65.0 Å². The van der Waals surface area contributed by atoms with Crippen LogP contribution in [0.2, 0.25) is 0 Å². The molecule has 0 spiro atoms. The Balaban J connectivity index is 0.00000392. The minimum Gasteiger partial charge on any atom is -0.349 e. The first-order chi connectivity index (χ1) is 12.7. The number of nitrogens with zero attached hydrogens (tertiary/aromatic N) is 3. The van der Waals surface area contributed by atoms with E-state index in [4.69, 9.17) is 0 Å². The molecule has 0 unspecified atom stereocenters. The van der Waals surface area contributed by atoms with Gasteiger partial charge < -0.3 is 9.80 Å². The van der Waals surface area contributed by atoms with Crippen LogP contribution in [0.3, 0.4) is 0 Å². The Morgan fingerprint density at radius 2 is 1.61 bits per heavy atom. The zero-order valence-corrected chi connectivity index (χ0v) is 19.5. The van der Waals surface area contributed by atoms with Crippen molar-refractivity contribution >= 4 is 40.0 Å². The summed E-state index contributed by atoms with van der Waals surface area (Å²) in [5, 5.41) is 0. The van der Waals surface area contributed by atoms with Gasteiger partial charge in [0.05, 0.1) is 11.4 Å². The zero-order valence-electron chi connectivity index (χ0n) is 16.4. The molecular weight excluding hydrogens is 494 g/mol. The number of aliphatic imine (C=N–C) groups is 1. The molecule has 0 saturated carbocycles. The maximum absolute atomic E-state index is 13.2. The molecule has 1 N–H and O–H groups in total. The van der Waals surface area contributed by atoms with E-state index < -0.39 is 15.8 Å². The number of sulfonamides is 1. The Morgan fingerprint density at radius 3 is 2.21 bits per heavy atom. The molecule has 28 heavy (non-hydrogen) atoms. The second-order valence-corrected chi connectivity index (χ2v) is 8.27. The molecule has 0 atom stereocenters. The van der Waals surface area contributed by atoms with Gasteiger partial charge in [-0.25, -0.2) is 22.5 Å². The molecule has 0 aliphatic carbocycles. The van der Waals surface area contributed by atoms with Crippen molar-refractivity contribution in [2.24, 2.45) is 4.99 Å². The maximum Gasteiger partial charge on any atom is 0.240 e. The second-order valence-electron chi connectivity index (χ2n) is 6.51. The van der Waals surface area contributed by atoms with Crippen molar-refractivity contribution < 1.29 is 12.8 Å². The third-order valence-electron chi connectivity index (χ3n) is 3.77. The van der Waals surface area contributed by atoms with Crippen molar-refractivity contribution in [2.75, 3.05) is 28.2 Å². The first-order valence-electron chi connectivity index (χ1n) is 8.41. The summed E-state index contributed by atoms with van der Waals surface area (Å²) in [6, 6.07) is 12.5. The minimum absolute atomic E-state index is 0. The summed E-state index contributed by atoms with van der Waals surface area (Å²) in [6.07, 6.45) is 0. The molecule has 2 aromatic carbocycles. The van der Waals surface area contributed by atoms with Crippen molar-refractivity contribution in [3.8, 4) is 0 Å². The second kappa shape index (κ2) is 10.7. The molecule has 0 radical (unpaired) electrons. The van der Waals surface area contributed by atoms with Gasteiger partial charge in [-0.1, -0.05) is 24.3 Å². The lowest BCUT2D eigenvalue weighted by atomic mass is 10.2. The molecular formula is C19H26FIN4O2S. The summed E-state index contributed by atoms with van der Waals surface area (Å²) in [6.45, 7) is 0.382. The van der Waals surface area contributed by atoms with Crippen LogP contribution in [0.1, 0.15) is 11.1 Å². The standard InChI is InChI=1S/C19H25FN4O2S.HI/c1-23(2)19(24(3)4)21-13-16-8-6-10-18(12-16)27(25,26)22-14-15-7-5-9-17(20)11-15;/h5-12,22H,13-14H2,1-4H3;1H. The molecule has 0 bridgehead atoms. The molecule has 2 rings (SSSR count). The van der Waals surface area contributed by atoms with Gasteiger partial charge in [0.15, 0.2) is 5.96 Å². The van der Waals surface area contributed by atoms with Crippen molar-refractivity contribution in [3.63, 3.8) is 0 Å². The normalized spacial score (nSPS) is 10.8. The lowest BCUT2D eigenvalue weighted by Gasteiger charge is -2.22. The molecule has 0 aliphatic rings. The number of benzene rings is 2. The predicted octanol–water partition coefficient (Wildman–Crippen LogP) is 2.90. The minimum atomic E-state index is -3.71. The van der Waals surface area contributed by atoms with Crippen molar-refractivity contribution in [1.29, 1.82) is 0 Å². The number of halogens is 2. The summed E-state index contributed by atoms with van der Waals surface area (Å²) in [4.78, 5) is 8.47. The highest BCUT2D eigenvalue weighted by Gasteiger charge is 2.14. The molecule has 0 amide bonds. The molecule has 0 heterocycles. The highest BCUT2D eigenvalue weighted by Crippen LogP contribution is 2.14. The number of hydrogen-bond acceptors (Lipinski definition) is 3. The van der Waals surface area contributed by atoms with Crippen LogP contribution in [0.4, 0.5) is 4.39 Å². The van der Waals surface area contributed by atoms with Crippen LogP contribution in [0, 0.1) is 5.82 Å². The SMILES string of the molecule is CN(C)C(=NCc1cccc(S(=O)(=O)NCc2cccc(F)c2)c1)N(C)C.I. The summed E-state index contributed by atoms with van der Waals surface area (Å²) < 4.78 is 40.8. The maximum atomic E-state index is 13.2. The fraction of sp³-hybridized carbons (Fsp3) is 0.316. The first-order valence-corrected chi connectivity index (χ1v) is 9.89. The number of hydrogen-bond donors (Lipinski definition) is 1. The van der Waals surface area contributed by atoms with Crippen LogP contribution in [0.25, 0.3) is 0 Å². The van der Waals surface area contributed by atoms with E-state index in [1.807, 2.05) is 44.1 Å². The van der Waals surface area contributed by atoms with Crippen LogP contribution in [-0.2, 0) is 23.1 Å². The third-order valence-corrected chi connectivity index (χ3v) is 5.17. The van der Waals surface area contributed by atoms with Crippen LogP contribution in [0.5, 0.6) is 0 Å². The van der Waals surface area contributed by atoms with Crippen molar-refractivity contribution in [2.45, 2.75) is 18.0 Å². The molecule has 9 heteroatoms. The quantitative estimate of drug-likeness (QED) is 0.362. The fourth-order valence-corrected chi connectivity index (χ4v) is 3.65. The molecule has 0 aromatic heterocycles. The Bertz CT molecular complexity index is 908. The van der Waals surface area contributed by atoms with Gasteiger partial charge in [0.2, 0.25) is 10.0 Å². The summed E-state index contributed by atoms with van der Waals surface area (Å²) in [5.41, 5.74) is 1.34. The summed E-state index contributed by atoms with van der Waals surface area (Å²) >= 11 is 0. The average Bonchev–Trinajstić information content (AvgIpc) is 2.60. The monoisotopic (exact) mass is 520 g/mol. The number of guanidine groups is 1. The number of rotatable bonds is 6. The average molecular weight is 520 g/mol. The van der Waals surface area contributed by atoms with Crippen LogP contribution < -0.4 is 4.72 Å². The van der Waals surface area contributed by atoms with Crippen molar-refractivity contribution in [3.05, 3.63) is 65.5 Å². The molecule has 0 fully saturated rings. The van der Waals surface area contributed by atoms with E-state index in [-0.39, 0.29) is 35.4 Å². The van der Waals surface area contributed by atoms with E-state index >= 15 is 0 Å². The van der Waals surface area contributed by atoms with E-state index in [1.54, 1.807) is 24.3 Å². The van der Waals surface area contributed by atoms with E-state index in [0.717, 1.165) is 11.5 Å². The van der Waals surface area contributed by atoms with E-state index in [1.165, 1.54) is 18.2 Å². The molecule has 0 aliphatic heterocycles. The van der Waals surface area contributed by atoms with Crippen molar-refractivity contribution in [1.82, 2.24) is 14.5 Å². The van der Waals surface area contributed by atoms with Gasteiger partial charge >= 0.3 is 0 Å². The zero-order chi connectivity index (χ0) is 20.0. The highest BCUT2D eigenvalue weighted by molar-refractivity contribution is 14.0. The molecule has 0 saturated heterocycles. The Morgan fingerprint density at radius 1 is 1.00 bits per heavy atom. The Kier molecular flexibility index (Phi) is 9.31. The third kappa shape index (κ3) is 7.02. The molecule has 2 aromatic rings. The smallest absolute Gasteiger partial charge is 0.240 e. The van der Waals surface area contributed by atoms with Gasteiger partial charge in [-0.05, 0) is 35.4 Å². The molecule has 154 valence electrons. The van der Waals surface area contributed by atoms with Gasteiger partial charge in [0.25, 0.3) is 0 Å². The van der Waals surface area contributed by atoms with E-state index in [2.05, 4.69) is 9.71 Å². The van der Waals surface area contributed by atoms with Crippen LogP contribution in [0.15, 0.2) is 58.4 Å². The first kappa shape index (κ1) is 24.3. The highest BCUT2D eigenvalue weighted by atomic mass is 127. The Labute approximate surface area is 183 Å². The molecule has 6 nitrogen and oxygen atoms in total. The lowest BCUT2D eigenvalue weighted by Crippen LogP contribution is -2.35. The van der Waals surface area contributed by atoms with E-state index in [0.29, 0.717) is 12.1 Å². The summed E-state index contributed by atoms with van der Waals surface area (Å²) in [7, 11) is 3.89.